The van der Waals surface area contributed by atoms with Gasteiger partial charge in [0.05, 0.1) is 6.61 Å². The van der Waals surface area contributed by atoms with Crippen molar-refractivity contribution in [3.05, 3.63) is 48.5 Å². The molecule has 2 rings (SSSR count). The van der Waals surface area contributed by atoms with Crippen LogP contribution in [0.15, 0.2) is 48.5 Å². The van der Waals surface area contributed by atoms with Gasteiger partial charge in [0.2, 0.25) is 0 Å². The number of ether oxygens (including phenoxy) is 1. The second kappa shape index (κ2) is 15.1. The van der Waals surface area contributed by atoms with Crippen LogP contribution in [0.25, 0.3) is 11.1 Å². The summed E-state index contributed by atoms with van der Waals surface area (Å²) in [7, 11) is -3.24. The van der Waals surface area contributed by atoms with E-state index in [-0.39, 0.29) is 0 Å². The van der Waals surface area contributed by atoms with Gasteiger partial charge in [0.25, 0.3) is 0 Å². The van der Waals surface area contributed by atoms with E-state index in [0.717, 1.165) is 49.2 Å². The average Bonchev–Trinajstić information content (AvgIpc) is 2.83. The van der Waals surface area contributed by atoms with Crippen LogP contribution >= 0.6 is 0 Å². The molecule has 0 amide bonds. The molecule has 0 aliphatic heterocycles. The molecule has 0 spiro atoms. The third kappa shape index (κ3) is 8.94. The Bertz CT molecular complexity index is 711. The fraction of sp³-hybridized carbons (Fsp3) is 0.538. The third-order valence-corrected chi connectivity index (χ3v) is 6.91. The molecule has 0 aliphatic rings. The maximum atomic E-state index is 6.23. The first-order valence-corrected chi connectivity index (χ1v) is 13.7. The molecule has 0 fully saturated rings. The van der Waals surface area contributed by atoms with Gasteiger partial charge < -0.3 is 22.4 Å². The normalized spacial score (nSPS) is 11.5. The van der Waals surface area contributed by atoms with Crippen LogP contribution in [-0.2, 0) is 13.3 Å². The molecule has 2 aromatic carbocycles. The first kappa shape index (κ1) is 26.4. The molecule has 0 saturated heterocycles. The number of benzene rings is 2. The number of unbranched alkanes of at least 4 members (excludes halogenated alkanes) is 2. The zero-order chi connectivity index (χ0) is 23.1. The molecule has 0 aromatic heterocycles. The van der Waals surface area contributed by atoms with Crippen molar-refractivity contribution in [1.29, 1.82) is 0 Å². The minimum atomic E-state index is -3.24. The lowest BCUT2D eigenvalue weighted by atomic mass is 10.1. The van der Waals surface area contributed by atoms with E-state index < -0.39 is 9.05 Å². The molecule has 6 heteroatoms. The Morgan fingerprint density at radius 2 is 1.00 bits per heavy atom. The van der Waals surface area contributed by atoms with Crippen molar-refractivity contribution in [2.45, 2.75) is 66.2 Å². The summed E-state index contributed by atoms with van der Waals surface area (Å²) in [6, 6.07) is 16.2. The molecule has 32 heavy (non-hydrogen) atoms. The van der Waals surface area contributed by atoms with Crippen molar-refractivity contribution in [2.75, 3.05) is 26.4 Å². The van der Waals surface area contributed by atoms with E-state index in [1.807, 2.05) is 36.4 Å². The second-order valence-electron chi connectivity index (χ2n) is 7.75. The quantitative estimate of drug-likeness (QED) is 0.187. The molecule has 0 N–H and O–H groups in total. The Morgan fingerprint density at radius 3 is 1.44 bits per heavy atom. The number of hydrogen-bond donors (Lipinski definition) is 0. The second-order valence-corrected chi connectivity index (χ2v) is 9.82. The standard InChI is InChI=1S/C26H40O5Si/c1-5-9-10-22-27-25-15-11-23(12-16-25)24-13-17-26(18-14-24)31-32(28-19-6-2,29-20-7-3)30-21-8-4/h11-18H,5-10,19-22H2,1-4H3. The van der Waals surface area contributed by atoms with E-state index in [4.69, 9.17) is 22.4 Å². The Balaban J connectivity index is 2.06. The molecular formula is C26H40O5Si. The predicted octanol–water partition coefficient (Wildman–Crippen LogP) is 7.02. The van der Waals surface area contributed by atoms with Crippen molar-refractivity contribution >= 4 is 9.05 Å². The topological polar surface area (TPSA) is 46.2 Å². The monoisotopic (exact) mass is 460 g/mol. The van der Waals surface area contributed by atoms with Gasteiger partial charge in [0, 0.05) is 19.8 Å². The van der Waals surface area contributed by atoms with Crippen LogP contribution in [0.1, 0.15) is 66.2 Å². The average molecular weight is 461 g/mol. The zero-order valence-corrected chi connectivity index (χ0v) is 21.2. The van der Waals surface area contributed by atoms with Crippen molar-refractivity contribution in [3.63, 3.8) is 0 Å². The summed E-state index contributed by atoms with van der Waals surface area (Å²) in [6.07, 6.45) is 6.12. The van der Waals surface area contributed by atoms with E-state index in [2.05, 4.69) is 39.8 Å². The van der Waals surface area contributed by atoms with Crippen LogP contribution in [0.4, 0.5) is 0 Å². The van der Waals surface area contributed by atoms with E-state index in [9.17, 15) is 0 Å². The summed E-state index contributed by atoms with van der Waals surface area (Å²) in [5.74, 6) is 1.61. The highest BCUT2D eigenvalue weighted by atomic mass is 28.4. The van der Waals surface area contributed by atoms with Gasteiger partial charge in [-0.3, -0.25) is 0 Å². The van der Waals surface area contributed by atoms with Crippen LogP contribution < -0.4 is 9.16 Å². The van der Waals surface area contributed by atoms with Gasteiger partial charge in [-0.1, -0.05) is 64.8 Å². The van der Waals surface area contributed by atoms with Gasteiger partial charge in [0.15, 0.2) is 0 Å². The highest BCUT2D eigenvalue weighted by molar-refractivity contribution is 6.54. The summed E-state index contributed by atoms with van der Waals surface area (Å²) in [5.41, 5.74) is 2.24. The molecule has 0 heterocycles. The molecule has 0 aliphatic carbocycles. The van der Waals surface area contributed by atoms with Gasteiger partial charge in [-0.25, -0.2) is 0 Å². The van der Waals surface area contributed by atoms with Crippen molar-refractivity contribution in [2.24, 2.45) is 0 Å². The molecular weight excluding hydrogens is 420 g/mol. The molecule has 0 bridgehead atoms. The van der Waals surface area contributed by atoms with Crippen molar-refractivity contribution in [1.82, 2.24) is 0 Å². The molecule has 5 nitrogen and oxygen atoms in total. The third-order valence-electron chi connectivity index (χ3n) is 4.75. The number of hydrogen-bond acceptors (Lipinski definition) is 5. The Labute approximate surface area is 195 Å². The van der Waals surface area contributed by atoms with Gasteiger partial charge >= 0.3 is 9.05 Å². The largest absolute Gasteiger partial charge is 0.749 e. The van der Waals surface area contributed by atoms with Crippen LogP contribution in [0.3, 0.4) is 0 Å². The van der Waals surface area contributed by atoms with Crippen LogP contribution in [0, 0.1) is 0 Å². The summed E-state index contributed by atoms with van der Waals surface area (Å²) in [5, 5.41) is 0. The molecule has 0 saturated carbocycles. The summed E-state index contributed by atoms with van der Waals surface area (Å²) >= 11 is 0. The van der Waals surface area contributed by atoms with Gasteiger partial charge in [-0.15, -0.1) is 0 Å². The molecule has 0 unspecified atom stereocenters. The minimum Gasteiger partial charge on any atom is -0.494 e. The lowest BCUT2D eigenvalue weighted by Gasteiger charge is -2.28. The highest BCUT2D eigenvalue weighted by Crippen LogP contribution is 2.27. The van der Waals surface area contributed by atoms with Crippen molar-refractivity contribution < 1.29 is 22.4 Å². The zero-order valence-electron chi connectivity index (χ0n) is 20.2. The van der Waals surface area contributed by atoms with Gasteiger partial charge in [0.1, 0.15) is 11.5 Å². The first-order valence-electron chi connectivity index (χ1n) is 12.1. The lowest BCUT2D eigenvalue weighted by Crippen LogP contribution is -2.52. The van der Waals surface area contributed by atoms with E-state index in [0.29, 0.717) is 25.6 Å². The summed E-state index contributed by atoms with van der Waals surface area (Å²) in [4.78, 5) is 0. The highest BCUT2D eigenvalue weighted by Gasteiger charge is 2.48. The Morgan fingerprint density at radius 1 is 0.531 bits per heavy atom. The Kier molecular flexibility index (Phi) is 12.4. The summed E-state index contributed by atoms with van der Waals surface area (Å²) in [6.45, 7) is 10.8. The SMILES string of the molecule is CCCCCOc1ccc(-c2ccc(O[Si](OCCC)(OCCC)OCCC)cc2)cc1. The maximum Gasteiger partial charge on any atom is 0.749 e. The van der Waals surface area contributed by atoms with E-state index >= 15 is 0 Å². The Hall–Kier alpha value is -1.86. The smallest absolute Gasteiger partial charge is 0.494 e. The fourth-order valence-corrected chi connectivity index (χ4v) is 5.25. The predicted molar refractivity (Wildman–Crippen MR) is 132 cm³/mol. The molecule has 0 radical (unpaired) electrons. The molecule has 2 aromatic rings. The van der Waals surface area contributed by atoms with Crippen LogP contribution in [0.2, 0.25) is 0 Å². The van der Waals surface area contributed by atoms with Crippen LogP contribution in [-0.4, -0.2) is 35.5 Å². The van der Waals surface area contributed by atoms with Gasteiger partial charge in [-0.05, 0) is 61.1 Å². The fourth-order valence-electron chi connectivity index (χ4n) is 3.04. The molecule has 0 atom stereocenters. The molecule has 178 valence electrons. The maximum absolute atomic E-state index is 6.23. The lowest BCUT2D eigenvalue weighted by molar-refractivity contribution is 0.000423. The number of rotatable bonds is 17. The first-order chi connectivity index (χ1) is 15.7. The van der Waals surface area contributed by atoms with Gasteiger partial charge in [-0.2, -0.15) is 0 Å². The summed E-state index contributed by atoms with van der Waals surface area (Å²) < 4.78 is 30.1. The van der Waals surface area contributed by atoms with E-state index in [1.165, 1.54) is 12.8 Å². The minimum absolute atomic E-state index is 0.546. The van der Waals surface area contributed by atoms with Crippen LogP contribution in [0.5, 0.6) is 11.5 Å². The van der Waals surface area contributed by atoms with Crippen molar-refractivity contribution in [3.8, 4) is 22.6 Å². The van der Waals surface area contributed by atoms with E-state index in [1.54, 1.807) is 0 Å².